The minimum atomic E-state index is -0.582. The maximum atomic E-state index is 13.4. The van der Waals surface area contributed by atoms with Crippen LogP contribution in [0.25, 0.3) is 22.2 Å². The van der Waals surface area contributed by atoms with Crippen LogP contribution in [0.15, 0.2) is 60.7 Å². The minimum absolute atomic E-state index is 0.212. The highest BCUT2D eigenvalue weighted by atomic mass is 16.2. The summed E-state index contributed by atoms with van der Waals surface area (Å²) in [6.07, 6.45) is 0. The summed E-state index contributed by atoms with van der Waals surface area (Å²) < 4.78 is 2.03. The first-order chi connectivity index (χ1) is 18.7. The number of carbonyl (C=O) groups is 3. The van der Waals surface area contributed by atoms with Crippen LogP contribution in [0.3, 0.4) is 0 Å². The Morgan fingerprint density at radius 3 is 2.56 bits per heavy atom. The molecular weight excluding hydrogens is 494 g/mol. The number of carbonyl (C=O) groups excluding carboxylic acids is 3. The number of hydrogen-bond donors (Lipinski definition) is 2. The van der Waals surface area contributed by atoms with Crippen molar-refractivity contribution in [2.24, 2.45) is 5.73 Å². The second-order valence-corrected chi connectivity index (χ2v) is 9.45. The van der Waals surface area contributed by atoms with E-state index in [0.717, 1.165) is 16.6 Å². The van der Waals surface area contributed by atoms with Crippen LogP contribution < -0.4 is 16.0 Å². The standard InChI is InChI=1S/C29H27N7O3/c1-4-35-24(18-8-10-22(11-9-18)36-23(15-30)16-34(3)29(36)39)14-20-12-17(2)32-25(26(20)35)28(38)33-21-7-5-6-19(13-21)27(31)37/h5-14,23H,4,16H2,1-3H3,(H2,31,37)(H,33,38). The van der Waals surface area contributed by atoms with Crippen molar-refractivity contribution in [3.05, 3.63) is 77.6 Å². The molecule has 10 heteroatoms. The lowest BCUT2D eigenvalue weighted by molar-refractivity contribution is 0.0995. The molecule has 0 radical (unpaired) electrons. The molecular formula is C29H27N7O3. The normalized spacial score (nSPS) is 15.0. The third-order valence-electron chi connectivity index (χ3n) is 6.82. The molecule has 0 aliphatic carbocycles. The van der Waals surface area contributed by atoms with Gasteiger partial charge in [-0.1, -0.05) is 18.2 Å². The van der Waals surface area contributed by atoms with E-state index >= 15 is 0 Å². The number of fused-ring (bicyclic) bond motifs is 1. The number of urea groups is 1. The number of benzene rings is 2. The van der Waals surface area contributed by atoms with E-state index in [-0.39, 0.29) is 11.7 Å². The number of hydrogen-bond acceptors (Lipinski definition) is 5. The van der Waals surface area contributed by atoms with Crippen LogP contribution in [-0.4, -0.2) is 51.9 Å². The lowest BCUT2D eigenvalue weighted by Gasteiger charge is -2.19. The zero-order valence-corrected chi connectivity index (χ0v) is 21.8. The summed E-state index contributed by atoms with van der Waals surface area (Å²) in [4.78, 5) is 45.2. The van der Waals surface area contributed by atoms with E-state index in [2.05, 4.69) is 16.4 Å². The first-order valence-corrected chi connectivity index (χ1v) is 12.5. The van der Waals surface area contributed by atoms with Crippen LogP contribution in [0.5, 0.6) is 0 Å². The van der Waals surface area contributed by atoms with Gasteiger partial charge in [-0.3, -0.25) is 14.5 Å². The molecule has 0 spiro atoms. The number of anilines is 2. The number of nitriles is 1. The Kier molecular flexibility index (Phi) is 6.50. The van der Waals surface area contributed by atoms with Crippen LogP contribution in [-0.2, 0) is 6.54 Å². The van der Waals surface area contributed by atoms with Gasteiger partial charge in [0.05, 0.1) is 18.1 Å². The van der Waals surface area contributed by atoms with Crippen molar-refractivity contribution < 1.29 is 14.4 Å². The SMILES string of the molecule is CCn1c(-c2ccc(N3C(=O)N(C)CC3C#N)cc2)cc2cc(C)nc(C(=O)Nc3cccc(C(N)=O)c3)c21. The Bertz CT molecular complexity index is 1670. The van der Waals surface area contributed by atoms with Crippen LogP contribution in [0, 0.1) is 18.3 Å². The number of aromatic nitrogens is 2. The summed E-state index contributed by atoms with van der Waals surface area (Å²) in [7, 11) is 1.68. The highest BCUT2D eigenvalue weighted by Crippen LogP contribution is 2.33. The summed E-state index contributed by atoms with van der Waals surface area (Å²) in [5.41, 5.74) is 10.2. The molecule has 196 valence electrons. The minimum Gasteiger partial charge on any atom is -0.366 e. The van der Waals surface area contributed by atoms with Gasteiger partial charge in [-0.05, 0) is 61.9 Å². The number of rotatable bonds is 6. The molecule has 4 amide bonds. The predicted octanol–water partition coefficient (Wildman–Crippen LogP) is 4.15. The summed E-state index contributed by atoms with van der Waals surface area (Å²) in [5, 5.41) is 13.2. The topological polar surface area (TPSA) is 137 Å². The fourth-order valence-electron chi connectivity index (χ4n) is 5.02. The summed E-state index contributed by atoms with van der Waals surface area (Å²) in [6.45, 7) is 4.75. The summed E-state index contributed by atoms with van der Waals surface area (Å²) in [5.74, 6) is -0.985. The average Bonchev–Trinajstić information content (AvgIpc) is 3.44. The van der Waals surface area contributed by atoms with Gasteiger partial charge >= 0.3 is 6.03 Å². The number of amides is 4. The lowest BCUT2D eigenvalue weighted by atomic mass is 10.1. The lowest BCUT2D eigenvalue weighted by Crippen LogP contribution is -2.33. The molecule has 1 aliphatic rings. The molecule has 39 heavy (non-hydrogen) atoms. The summed E-state index contributed by atoms with van der Waals surface area (Å²) in [6, 6.07) is 19.3. The zero-order chi connectivity index (χ0) is 27.8. The van der Waals surface area contributed by atoms with Gasteiger partial charge in [0, 0.05) is 47.3 Å². The molecule has 2 aromatic carbocycles. The van der Waals surface area contributed by atoms with Crippen molar-refractivity contribution in [2.75, 3.05) is 23.8 Å². The molecule has 0 bridgehead atoms. The van der Waals surface area contributed by atoms with Gasteiger partial charge in [-0.15, -0.1) is 0 Å². The van der Waals surface area contributed by atoms with Crippen LogP contribution in [0.2, 0.25) is 0 Å². The van der Waals surface area contributed by atoms with Gasteiger partial charge in [-0.2, -0.15) is 5.26 Å². The molecule has 1 fully saturated rings. The number of nitrogens with one attached hydrogen (secondary N) is 1. The van der Waals surface area contributed by atoms with Crippen molar-refractivity contribution in [1.29, 1.82) is 5.26 Å². The number of pyridine rings is 1. The van der Waals surface area contributed by atoms with Gasteiger partial charge in [0.1, 0.15) is 6.04 Å². The molecule has 4 aromatic rings. The predicted molar refractivity (Wildman–Crippen MR) is 148 cm³/mol. The monoisotopic (exact) mass is 521 g/mol. The Morgan fingerprint density at radius 2 is 1.90 bits per heavy atom. The quantitative estimate of drug-likeness (QED) is 0.393. The number of primary amides is 1. The Labute approximate surface area is 225 Å². The van der Waals surface area contributed by atoms with Crippen molar-refractivity contribution >= 4 is 40.1 Å². The molecule has 1 unspecified atom stereocenters. The van der Waals surface area contributed by atoms with Gasteiger partial charge < -0.3 is 20.5 Å². The second-order valence-electron chi connectivity index (χ2n) is 9.45. The van der Waals surface area contributed by atoms with E-state index in [1.807, 2.05) is 54.8 Å². The first-order valence-electron chi connectivity index (χ1n) is 12.5. The third-order valence-corrected chi connectivity index (χ3v) is 6.82. The van der Waals surface area contributed by atoms with E-state index in [4.69, 9.17) is 5.73 Å². The van der Waals surface area contributed by atoms with E-state index in [1.165, 1.54) is 15.9 Å². The number of aryl methyl sites for hydroxylation is 2. The smallest absolute Gasteiger partial charge is 0.325 e. The Morgan fingerprint density at radius 1 is 1.15 bits per heavy atom. The molecule has 5 rings (SSSR count). The third kappa shape index (κ3) is 4.55. The van der Waals surface area contributed by atoms with Gasteiger partial charge in [-0.25, -0.2) is 9.78 Å². The van der Waals surface area contributed by atoms with E-state index < -0.39 is 17.9 Å². The highest BCUT2D eigenvalue weighted by molar-refractivity contribution is 6.12. The number of nitrogens with zero attached hydrogens (tertiary/aromatic N) is 5. The molecule has 0 saturated carbocycles. The van der Waals surface area contributed by atoms with Crippen molar-refractivity contribution in [3.8, 4) is 17.3 Å². The number of likely N-dealkylation sites (N-methyl/N-ethyl adjacent to an activating group) is 1. The van der Waals surface area contributed by atoms with Crippen LogP contribution in [0.4, 0.5) is 16.2 Å². The Hall–Kier alpha value is -5.17. The van der Waals surface area contributed by atoms with Crippen molar-refractivity contribution in [2.45, 2.75) is 26.4 Å². The highest BCUT2D eigenvalue weighted by Gasteiger charge is 2.36. The maximum absolute atomic E-state index is 13.4. The fraction of sp³-hybridized carbons (Fsp3) is 0.207. The summed E-state index contributed by atoms with van der Waals surface area (Å²) >= 11 is 0. The van der Waals surface area contributed by atoms with Crippen LogP contribution >= 0.6 is 0 Å². The second kappa shape index (κ2) is 9.95. The van der Waals surface area contributed by atoms with E-state index in [1.54, 1.807) is 25.2 Å². The molecule has 2 aromatic heterocycles. The van der Waals surface area contributed by atoms with Gasteiger partial charge in [0.25, 0.3) is 5.91 Å². The Balaban J connectivity index is 1.53. The van der Waals surface area contributed by atoms with Crippen LogP contribution in [0.1, 0.15) is 33.5 Å². The first kappa shape index (κ1) is 25.5. The largest absolute Gasteiger partial charge is 0.366 e. The number of nitrogens with two attached hydrogens (primary N) is 1. The van der Waals surface area contributed by atoms with Gasteiger partial charge in [0.15, 0.2) is 5.69 Å². The molecule has 10 nitrogen and oxygen atoms in total. The molecule has 1 atom stereocenters. The van der Waals surface area contributed by atoms with Crippen molar-refractivity contribution in [1.82, 2.24) is 14.5 Å². The maximum Gasteiger partial charge on any atom is 0.325 e. The van der Waals surface area contributed by atoms with Gasteiger partial charge in [0.2, 0.25) is 5.91 Å². The molecule has 1 aliphatic heterocycles. The molecule has 3 heterocycles. The average molecular weight is 522 g/mol. The zero-order valence-electron chi connectivity index (χ0n) is 21.8. The van der Waals surface area contributed by atoms with Crippen molar-refractivity contribution in [3.63, 3.8) is 0 Å². The van der Waals surface area contributed by atoms with E-state index in [0.29, 0.717) is 41.2 Å². The molecule has 3 N–H and O–H groups in total. The fourth-order valence-corrected chi connectivity index (χ4v) is 5.02. The van der Waals surface area contributed by atoms with E-state index in [9.17, 15) is 19.6 Å². The molecule has 1 saturated heterocycles.